The Kier molecular flexibility index (Phi) is 4.43. The van der Waals surface area contributed by atoms with Gasteiger partial charge in [-0.3, -0.25) is 4.90 Å². The van der Waals surface area contributed by atoms with E-state index >= 15 is 0 Å². The third kappa shape index (κ3) is 3.73. The first-order valence-electron chi connectivity index (χ1n) is 8.84. The first-order chi connectivity index (χ1) is 11.8. The maximum atomic E-state index is 12.9. The highest BCUT2D eigenvalue weighted by atomic mass is 19.1. The minimum atomic E-state index is -0.188. The Labute approximate surface area is 142 Å². The lowest BCUT2D eigenvalue weighted by atomic mass is 10.1. The van der Waals surface area contributed by atoms with E-state index in [4.69, 9.17) is 0 Å². The fourth-order valence-corrected chi connectivity index (χ4v) is 3.31. The van der Waals surface area contributed by atoms with E-state index in [1.54, 1.807) is 12.1 Å². The van der Waals surface area contributed by atoms with Crippen molar-refractivity contribution < 1.29 is 4.39 Å². The molecule has 4 rings (SSSR count). The van der Waals surface area contributed by atoms with Crippen LogP contribution in [0.25, 0.3) is 6.08 Å². The number of hydrogen-bond acceptors (Lipinski definition) is 3. The van der Waals surface area contributed by atoms with Crippen molar-refractivity contribution in [1.82, 2.24) is 19.9 Å². The number of halogens is 1. The maximum absolute atomic E-state index is 12.9. The number of nitrogens with zero attached hydrogens (tertiary/aromatic N) is 4. The molecule has 2 aromatic rings. The van der Waals surface area contributed by atoms with Crippen molar-refractivity contribution in [2.75, 3.05) is 19.6 Å². The van der Waals surface area contributed by atoms with Crippen molar-refractivity contribution in [3.8, 4) is 0 Å². The highest BCUT2D eigenvalue weighted by molar-refractivity contribution is 5.48. The second-order valence-corrected chi connectivity index (χ2v) is 6.88. The van der Waals surface area contributed by atoms with Crippen molar-refractivity contribution in [3.05, 3.63) is 53.6 Å². The summed E-state index contributed by atoms with van der Waals surface area (Å²) in [4.78, 5) is 2.45. The monoisotopic (exact) mass is 326 g/mol. The summed E-state index contributed by atoms with van der Waals surface area (Å²) in [5, 5.41) is 8.66. The van der Waals surface area contributed by atoms with Crippen LogP contribution in [0, 0.1) is 5.82 Å². The Bertz CT molecular complexity index is 694. The van der Waals surface area contributed by atoms with E-state index in [1.807, 2.05) is 0 Å². The minimum absolute atomic E-state index is 0.188. The van der Waals surface area contributed by atoms with Gasteiger partial charge in [-0.2, -0.15) is 0 Å². The summed E-state index contributed by atoms with van der Waals surface area (Å²) < 4.78 is 15.0. The molecule has 1 aromatic carbocycles. The fraction of sp³-hybridized carbons (Fsp3) is 0.474. The molecule has 0 bridgehead atoms. The van der Waals surface area contributed by atoms with Crippen LogP contribution in [0.3, 0.4) is 0 Å². The molecule has 0 spiro atoms. The molecule has 0 unspecified atom stereocenters. The summed E-state index contributed by atoms with van der Waals surface area (Å²) in [6, 6.07) is 7.10. The molecule has 126 valence electrons. The Morgan fingerprint density at radius 1 is 1.08 bits per heavy atom. The van der Waals surface area contributed by atoms with Gasteiger partial charge in [0.25, 0.3) is 0 Å². The van der Waals surface area contributed by atoms with E-state index in [1.165, 1.54) is 30.7 Å². The van der Waals surface area contributed by atoms with Crippen LogP contribution in [0.15, 0.2) is 36.5 Å². The van der Waals surface area contributed by atoms with E-state index in [2.05, 4.69) is 38.2 Å². The first kappa shape index (κ1) is 15.5. The third-order valence-corrected chi connectivity index (χ3v) is 5.00. The molecule has 4 nitrogen and oxygen atoms in total. The normalized spacial score (nSPS) is 20.0. The lowest BCUT2D eigenvalue weighted by Crippen LogP contribution is -2.34. The molecule has 24 heavy (non-hydrogen) atoms. The molecule has 0 N–H and O–H groups in total. The van der Waals surface area contributed by atoms with Crippen LogP contribution in [-0.4, -0.2) is 39.5 Å². The molecule has 1 saturated carbocycles. The zero-order valence-corrected chi connectivity index (χ0v) is 13.8. The number of hydrogen-bond donors (Lipinski definition) is 0. The van der Waals surface area contributed by atoms with Crippen molar-refractivity contribution >= 4 is 6.08 Å². The van der Waals surface area contributed by atoms with Crippen LogP contribution in [0.5, 0.6) is 0 Å². The van der Waals surface area contributed by atoms with Gasteiger partial charge in [0.1, 0.15) is 5.82 Å². The Morgan fingerprint density at radius 2 is 1.83 bits per heavy atom. The summed E-state index contributed by atoms with van der Waals surface area (Å²) in [5.74, 6) is 0.489. The predicted octanol–water partition coefficient (Wildman–Crippen LogP) is 3.64. The average Bonchev–Trinajstić information content (AvgIpc) is 3.35. The van der Waals surface area contributed by atoms with Crippen LogP contribution in [0.2, 0.25) is 0 Å². The van der Waals surface area contributed by atoms with Gasteiger partial charge in [-0.25, -0.2) is 9.07 Å². The zero-order valence-electron chi connectivity index (χ0n) is 13.8. The first-order valence-corrected chi connectivity index (χ1v) is 8.84. The van der Waals surface area contributed by atoms with Gasteiger partial charge in [-0.15, -0.1) is 5.10 Å². The van der Waals surface area contributed by atoms with E-state index in [9.17, 15) is 4.39 Å². The van der Waals surface area contributed by atoms with Crippen molar-refractivity contribution in [1.29, 1.82) is 0 Å². The smallest absolute Gasteiger partial charge is 0.123 e. The average molecular weight is 326 g/mol. The molecule has 0 radical (unpaired) electrons. The lowest BCUT2D eigenvalue weighted by Gasteiger charge is -2.30. The molecule has 1 aliphatic carbocycles. The summed E-state index contributed by atoms with van der Waals surface area (Å²) in [6.07, 6.45) is 11.2. The number of piperidine rings is 1. The molecule has 0 atom stereocenters. The topological polar surface area (TPSA) is 34.0 Å². The molecular weight excluding hydrogens is 303 g/mol. The molecule has 2 fully saturated rings. The van der Waals surface area contributed by atoms with Crippen LogP contribution >= 0.6 is 0 Å². The van der Waals surface area contributed by atoms with E-state index < -0.39 is 0 Å². The highest BCUT2D eigenvalue weighted by Crippen LogP contribution is 2.39. The van der Waals surface area contributed by atoms with Crippen LogP contribution in [-0.2, 0) is 0 Å². The second-order valence-electron chi connectivity index (χ2n) is 6.88. The van der Waals surface area contributed by atoms with Crippen molar-refractivity contribution in [3.63, 3.8) is 0 Å². The molecule has 0 amide bonds. The van der Waals surface area contributed by atoms with Gasteiger partial charge in [0.05, 0.1) is 11.7 Å². The van der Waals surface area contributed by atoms with Gasteiger partial charge >= 0.3 is 0 Å². The van der Waals surface area contributed by atoms with Crippen LogP contribution in [0.4, 0.5) is 4.39 Å². The molecule has 2 aliphatic rings. The standard InChI is InChI=1S/C19H23FN4/c20-17-7-3-15(4-8-17)2-1-11-23-12-9-18(10-13-23)24-14-19(21-22-24)16-5-6-16/h1-4,7-8,14,16,18H,5-6,9-13H2. The Hall–Kier alpha value is -2.01. The van der Waals surface area contributed by atoms with Crippen LogP contribution < -0.4 is 0 Å². The number of benzene rings is 1. The molecule has 1 saturated heterocycles. The predicted molar refractivity (Wildman–Crippen MR) is 92.1 cm³/mol. The summed E-state index contributed by atoms with van der Waals surface area (Å²) >= 11 is 0. The van der Waals surface area contributed by atoms with E-state index in [0.29, 0.717) is 12.0 Å². The maximum Gasteiger partial charge on any atom is 0.123 e. The van der Waals surface area contributed by atoms with Gasteiger partial charge in [0.2, 0.25) is 0 Å². The molecule has 5 heteroatoms. The van der Waals surface area contributed by atoms with Gasteiger partial charge in [0.15, 0.2) is 0 Å². The SMILES string of the molecule is Fc1ccc(C=CCN2CCC(n3cc(C4CC4)nn3)CC2)cc1. The molecule has 2 heterocycles. The lowest BCUT2D eigenvalue weighted by molar-refractivity contribution is 0.194. The van der Waals surface area contributed by atoms with Gasteiger partial charge in [0, 0.05) is 31.7 Å². The Morgan fingerprint density at radius 3 is 2.54 bits per heavy atom. The van der Waals surface area contributed by atoms with E-state index in [-0.39, 0.29) is 5.82 Å². The van der Waals surface area contributed by atoms with Gasteiger partial charge in [-0.1, -0.05) is 29.5 Å². The fourth-order valence-electron chi connectivity index (χ4n) is 3.31. The quantitative estimate of drug-likeness (QED) is 0.841. The molecule has 1 aliphatic heterocycles. The number of likely N-dealkylation sites (tertiary alicyclic amines) is 1. The summed E-state index contributed by atoms with van der Waals surface area (Å²) in [6.45, 7) is 3.10. The zero-order chi connectivity index (χ0) is 16.4. The van der Waals surface area contributed by atoms with Crippen molar-refractivity contribution in [2.45, 2.75) is 37.6 Å². The molecule has 1 aromatic heterocycles. The van der Waals surface area contributed by atoms with Crippen LogP contribution in [0.1, 0.15) is 48.9 Å². The summed E-state index contributed by atoms with van der Waals surface area (Å²) in [5.41, 5.74) is 2.22. The largest absolute Gasteiger partial charge is 0.300 e. The summed E-state index contributed by atoms with van der Waals surface area (Å²) in [7, 11) is 0. The van der Waals surface area contributed by atoms with E-state index in [0.717, 1.165) is 38.0 Å². The molecular formula is C19H23FN4. The minimum Gasteiger partial charge on any atom is -0.300 e. The van der Waals surface area contributed by atoms with Gasteiger partial charge < -0.3 is 0 Å². The van der Waals surface area contributed by atoms with Crippen molar-refractivity contribution in [2.24, 2.45) is 0 Å². The number of rotatable bonds is 5. The Balaban J connectivity index is 1.25. The second kappa shape index (κ2) is 6.85. The highest BCUT2D eigenvalue weighted by Gasteiger charge is 2.28. The van der Waals surface area contributed by atoms with Gasteiger partial charge in [-0.05, 0) is 43.4 Å². The number of aromatic nitrogens is 3. The third-order valence-electron chi connectivity index (χ3n) is 5.00.